The van der Waals surface area contributed by atoms with Gasteiger partial charge in [0.25, 0.3) is 0 Å². The topological polar surface area (TPSA) is 32.3 Å². The lowest BCUT2D eigenvalue weighted by atomic mass is 9.79. The Balaban J connectivity index is 1.87. The van der Waals surface area contributed by atoms with Crippen molar-refractivity contribution in [3.8, 4) is 0 Å². The van der Waals surface area contributed by atoms with Crippen LogP contribution in [0.2, 0.25) is 0 Å². The molecule has 1 aromatic carbocycles. The van der Waals surface area contributed by atoms with Crippen LogP contribution in [-0.4, -0.2) is 17.8 Å². The molecule has 106 valence electrons. The average Bonchev–Trinajstić information content (AvgIpc) is 2.46. The minimum absolute atomic E-state index is 0.0850. The van der Waals surface area contributed by atoms with E-state index in [-0.39, 0.29) is 12.6 Å². The van der Waals surface area contributed by atoms with E-state index in [1.807, 2.05) is 18.2 Å². The predicted molar refractivity (Wildman–Crippen MR) is 80.0 cm³/mol. The van der Waals surface area contributed by atoms with Gasteiger partial charge in [0.2, 0.25) is 0 Å². The van der Waals surface area contributed by atoms with Gasteiger partial charge >= 0.3 is 0 Å². The van der Waals surface area contributed by atoms with Gasteiger partial charge in [0.1, 0.15) is 0 Å². The summed E-state index contributed by atoms with van der Waals surface area (Å²) in [6.45, 7) is 4.84. The van der Waals surface area contributed by atoms with E-state index in [4.69, 9.17) is 0 Å². The molecule has 19 heavy (non-hydrogen) atoms. The predicted octanol–water partition coefficient (Wildman–Crippen LogP) is 3.52. The monoisotopic (exact) mass is 261 g/mol. The van der Waals surface area contributed by atoms with Crippen LogP contribution in [0, 0.1) is 11.8 Å². The fourth-order valence-corrected chi connectivity index (χ4v) is 3.18. The van der Waals surface area contributed by atoms with Gasteiger partial charge in [-0.3, -0.25) is 0 Å². The highest BCUT2D eigenvalue weighted by Crippen LogP contribution is 2.30. The smallest absolute Gasteiger partial charge is 0.0626 e. The van der Waals surface area contributed by atoms with E-state index in [1.54, 1.807) is 0 Å². The van der Waals surface area contributed by atoms with Crippen molar-refractivity contribution < 1.29 is 5.11 Å². The van der Waals surface area contributed by atoms with Gasteiger partial charge in [0.15, 0.2) is 0 Å². The van der Waals surface area contributed by atoms with Crippen molar-refractivity contribution >= 4 is 0 Å². The summed E-state index contributed by atoms with van der Waals surface area (Å²) in [5.41, 5.74) is 1.19. The minimum atomic E-state index is 0.0850. The highest BCUT2D eigenvalue weighted by atomic mass is 16.3. The molecule has 0 radical (unpaired) electrons. The van der Waals surface area contributed by atoms with Crippen molar-refractivity contribution in [2.24, 2.45) is 11.8 Å². The molecular weight excluding hydrogens is 234 g/mol. The van der Waals surface area contributed by atoms with E-state index >= 15 is 0 Å². The molecule has 0 aliphatic heterocycles. The summed E-state index contributed by atoms with van der Waals surface area (Å²) >= 11 is 0. The lowest BCUT2D eigenvalue weighted by Gasteiger charge is -2.33. The molecule has 0 heterocycles. The molecule has 1 saturated carbocycles. The number of hydrogen-bond donors (Lipinski definition) is 2. The quantitative estimate of drug-likeness (QED) is 0.850. The van der Waals surface area contributed by atoms with E-state index < -0.39 is 0 Å². The molecule has 0 saturated heterocycles. The van der Waals surface area contributed by atoms with Crippen LogP contribution in [0.25, 0.3) is 0 Å². The second-order valence-corrected chi connectivity index (χ2v) is 6.17. The Kier molecular flexibility index (Phi) is 5.41. The number of nitrogens with one attached hydrogen (secondary N) is 1. The Morgan fingerprint density at radius 1 is 1.11 bits per heavy atom. The molecular formula is C17H27NO. The van der Waals surface area contributed by atoms with Crippen LogP contribution >= 0.6 is 0 Å². The van der Waals surface area contributed by atoms with Gasteiger partial charge in [-0.15, -0.1) is 0 Å². The van der Waals surface area contributed by atoms with Gasteiger partial charge in [0.05, 0.1) is 12.6 Å². The van der Waals surface area contributed by atoms with Crippen LogP contribution in [0.5, 0.6) is 0 Å². The van der Waals surface area contributed by atoms with Gasteiger partial charge in [-0.25, -0.2) is 0 Å². The summed E-state index contributed by atoms with van der Waals surface area (Å²) in [6, 6.07) is 10.9. The van der Waals surface area contributed by atoms with Crippen molar-refractivity contribution in [2.75, 3.05) is 6.61 Å². The van der Waals surface area contributed by atoms with Crippen molar-refractivity contribution in [2.45, 2.75) is 51.6 Å². The van der Waals surface area contributed by atoms with Crippen LogP contribution in [0.3, 0.4) is 0 Å². The van der Waals surface area contributed by atoms with Crippen molar-refractivity contribution in [3.63, 3.8) is 0 Å². The standard InChI is InChI=1S/C17H27NO/c1-13(2)14-8-10-16(11-9-14)18-17(12-19)15-6-4-3-5-7-15/h3-7,13-14,16-19H,8-12H2,1-2H3. The van der Waals surface area contributed by atoms with E-state index in [0.29, 0.717) is 6.04 Å². The zero-order valence-corrected chi connectivity index (χ0v) is 12.2. The molecule has 2 heteroatoms. The normalized spacial score (nSPS) is 25.5. The summed E-state index contributed by atoms with van der Waals surface area (Å²) < 4.78 is 0. The maximum atomic E-state index is 9.59. The number of rotatable bonds is 5. The Labute approximate surface area is 117 Å². The number of hydrogen-bond acceptors (Lipinski definition) is 2. The molecule has 1 fully saturated rings. The second-order valence-electron chi connectivity index (χ2n) is 6.17. The molecule has 2 rings (SSSR count). The van der Waals surface area contributed by atoms with Crippen molar-refractivity contribution in [1.82, 2.24) is 5.32 Å². The maximum absolute atomic E-state index is 9.59. The lowest BCUT2D eigenvalue weighted by Crippen LogP contribution is -2.38. The number of benzene rings is 1. The first-order chi connectivity index (χ1) is 9.20. The molecule has 2 nitrogen and oxygen atoms in total. The molecule has 0 aromatic heterocycles. The first-order valence-electron chi connectivity index (χ1n) is 7.62. The van der Waals surface area contributed by atoms with E-state index in [0.717, 1.165) is 11.8 Å². The van der Waals surface area contributed by atoms with Crippen molar-refractivity contribution in [1.29, 1.82) is 0 Å². The molecule has 2 N–H and O–H groups in total. The molecule has 0 bridgehead atoms. The van der Waals surface area contributed by atoms with Crippen LogP contribution < -0.4 is 5.32 Å². The van der Waals surface area contributed by atoms with Gasteiger partial charge in [0, 0.05) is 6.04 Å². The zero-order valence-electron chi connectivity index (χ0n) is 12.2. The van der Waals surface area contributed by atoms with Gasteiger partial charge in [-0.2, -0.15) is 0 Å². The summed E-state index contributed by atoms with van der Waals surface area (Å²) in [7, 11) is 0. The molecule has 1 aromatic rings. The fraction of sp³-hybridized carbons (Fsp3) is 0.647. The lowest BCUT2D eigenvalue weighted by molar-refractivity contribution is 0.193. The number of aliphatic hydroxyl groups excluding tert-OH is 1. The highest BCUT2D eigenvalue weighted by molar-refractivity contribution is 5.19. The second kappa shape index (κ2) is 7.06. The molecule has 1 aliphatic carbocycles. The third-order valence-corrected chi connectivity index (χ3v) is 4.54. The number of aliphatic hydroxyl groups is 1. The largest absolute Gasteiger partial charge is 0.394 e. The van der Waals surface area contributed by atoms with Crippen molar-refractivity contribution in [3.05, 3.63) is 35.9 Å². The summed E-state index contributed by atoms with van der Waals surface area (Å²) in [4.78, 5) is 0. The van der Waals surface area contributed by atoms with E-state index in [1.165, 1.54) is 31.2 Å². The molecule has 0 spiro atoms. The van der Waals surface area contributed by atoms with Gasteiger partial charge < -0.3 is 10.4 Å². The SMILES string of the molecule is CC(C)C1CCC(NC(CO)c2ccccc2)CC1. The minimum Gasteiger partial charge on any atom is -0.394 e. The zero-order chi connectivity index (χ0) is 13.7. The third kappa shape index (κ3) is 4.05. The van der Waals surface area contributed by atoms with Crippen LogP contribution in [0.4, 0.5) is 0 Å². The van der Waals surface area contributed by atoms with Gasteiger partial charge in [-0.05, 0) is 43.1 Å². The third-order valence-electron chi connectivity index (χ3n) is 4.54. The van der Waals surface area contributed by atoms with Crippen LogP contribution in [-0.2, 0) is 0 Å². The molecule has 1 unspecified atom stereocenters. The Morgan fingerprint density at radius 2 is 1.74 bits per heavy atom. The van der Waals surface area contributed by atoms with Crippen LogP contribution in [0.15, 0.2) is 30.3 Å². The Morgan fingerprint density at radius 3 is 2.26 bits per heavy atom. The van der Waals surface area contributed by atoms with Gasteiger partial charge in [-0.1, -0.05) is 44.2 Å². The average molecular weight is 261 g/mol. The summed E-state index contributed by atoms with van der Waals surface area (Å²) in [5, 5.41) is 13.2. The first-order valence-corrected chi connectivity index (χ1v) is 7.62. The summed E-state index contributed by atoms with van der Waals surface area (Å²) in [6.07, 6.45) is 5.13. The molecule has 1 aliphatic rings. The Hall–Kier alpha value is -0.860. The first kappa shape index (κ1) is 14.5. The highest BCUT2D eigenvalue weighted by Gasteiger charge is 2.24. The Bertz CT molecular complexity index is 355. The molecule has 0 amide bonds. The van der Waals surface area contributed by atoms with Crippen LogP contribution in [0.1, 0.15) is 51.1 Å². The summed E-state index contributed by atoms with van der Waals surface area (Å²) in [5.74, 6) is 1.70. The van der Waals surface area contributed by atoms with E-state index in [9.17, 15) is 5.11 Å². The maximum Gasteiger partial charge on any atom is 0.0626 e. The van der Waals surface area contributed by atoms with E-state index in [2.05, 4.69) is 31.3 Å². The fourth-order valence-electron chi connectivity index (χ4n) is 3.18. The molecule has 1 atom stereocenters.